The van der Waals surface area contributed by atoms with Crippen molar-refractivity contribution < 1.29 is 19.1 Å². The van der Waals surface area contributed by atoms with Crippen LogP contribution in [0.2, 0.25) is 0 Å². The minimum atomic E-state index is -0.438. The Bertz CT molecular complexity index is 399. The molecule has 0 aromatic carbocycles. The number of rotatable bonds is 5. The van der Waals surface area contributed by atoms with Crippen LogP contribution in [0.5, 0.6) is 0 Å². The highest BCUT2D eigenvalue weighted by Gasteiger charge is 2.25. The first-order chi connectivity index (χ1) is 10.5. The fourth-order valence-corrected chi connectivity index (χ4v) is 3.42. The van der Waals surface area contributed by atoms with E-state index in [4.69, 9.17) is 9.47 Å². The normalized spacial score (nSPS) is 26.5. The van der Waals surface area contributed by atoms with Gasteiger partial charge in [0.1, 0.15) is 12.2 Å². The van der Waals surface area contributed by atoms with Crippen LogP contribution in [0.25, 0.3) is 0 Å². The summed E-state index contributed by atoms with van der Waals surface area (Å²) >= 11 is 0. The molecule has 0 bridgehead atoms. The summed E-state index contributed by atoms with van der Waals surface area (Å²) in [5.41, 5.74) is 0. The van der Waals surface area contributed by atoms with Crippen molar-refractivity contribution in [2.24, 2.45) is 11.8 Å². The molecule has 2 saturated carbocycles. The summed E-state index contributed by atoms with van der Waals surface area (Å²) in [5.74, 6) is 0.567. The lowest BCUT2D eigenvalue weighted by Gasteiger charge is -2.30. The highest BCUT2D eigenvalue weighted by atomic mass is 16.5. The Labute approximate surface area is 133 Å². The van der Waals surface area contributed by atoms with Gasteiger partial charge in [0, 0.05) is 12.2 Å². The van der Waals surface area contributed by atoms with Gasteiger partial charge >= 0.3 is 11.9 Å². The number of carbonyl (C=O) groups excluding carboxylic acids is 2. The van der Waals surface area contributed by atoms with Crippen LogP contribution in [0, 0.1) is 11.8 Å². The summed E-state index contributed by atoms with van der Waals surface area (Å²) in [6.07, 6.45) is 10.6. The van der Waals surface area contributed by atoms with Gasteiger partial charge in [0.2, 0.25) is 0 Å². The van der Waals surface area contributed by atoms with E-state index in [1.54, 1.807) is 0 Å². The fraction of sp³-hybridized carbons (Fsp3) is 0.778. The van der Waals surface area contributed by atoms with Crippen LogP contribution >= 0.6 is 0 Å². The number of hydrogen-bond donors (Lipinski definition) is 0. The Morgan fingerprint density at radius 2 is 1.27 bits per heavy atom. The van der Waals surface area contributed by atoms with Crippen LogP contribution < -0.4 is 0 Å². The smallest absolute Gasteiger partial charge is 0.331 e. The Hall–Kier alpha value is -1.32. The molecule has 0 aliphatic heterocycles. The summed E-state index contributed by atoms with van der Waals surface area (Å²) in [4.78, 5) is 23.3. The lowest BCUT2D eigenvalue weighted by Crippen LogP contribution is -2.26. The van der Waals surface area contributed by atoms with Gasteiger partial charge in [-0.1, -0.05) is 13.8 Å². The second-order valence-electron chi connectivity index (χ2n) is 6.89. The Morgan fingerprint density at radius 3 is 1.73 bits per heavy atom. The van der Waals surface area contributed by atoms with Gasteiger partial charge in [-0.05, 0) is 63.2 Å². The van der Waals surface area contributed by atoms with Crippen LogP contribution in [0.3, 0.4) is 0 Å². The van der Waals surface area contributed by atoms with E-state index in [0.717, 1.165) is 57.3 Å². The molecular weight excluding hydrogens is 280 g/mol. The lowest BCUT2D eigenvalue weighted by molar-refractivity contribution is -0.146. The first kappa shape index (κ1) is 17.0. The summed E-state index contributed by atoms with van der Waals surface area (Å²) in [7, 11) is 0. The third-order valence-corrected chi connectivity index (χ3v) is 4.89. The highest BCUT2D eigenvalue weighted by Crippen LogP contribution is 2.31. The Kier molecular flexibility index (Phi) is 6.47. The number of hydrogen-bond acceptors (Lipinski definition) is 4. The van der Waals surface area contributed by atoms with Gasteiger partial charge in [0.05, 0.1) is 0 Å². The third-order valence-electron chi connectivity index (χ3n) is 4.89. The molecule has 4 nitrogen and oxygen atoms in total. The first-order valence-corrected chi connectivity index (χ1v) is 8.64. The standard InChI is InChI=1S/C18H28O4/c1-13(2)14-7-9-16(10-8-14)22-18(20)12-11-17(19)21-15-5-3-4-6-15/h11-16H,3-10H2,1-2H3/b12-11+. The van der Waals surface area contributed by atoms with Gasteiger partial charge in [-0.15, -0.1) is 0 Å². The zero-order valence-electron chi connectivity index (χ0n) is 13.8. The zero-order valence-corrected chi connectivity index (χ0v) is 13.8. The summed E-state index contributed by atoms with van der Waals surface area (Å²) in [6, 6.07) is 0. The van der Waals surface area contributed by atoms with Crippen molar-refractivity contribution in [2.75, 3.05) is 0 Å². The Balaban J connectivity index is 1.66. The molecule has 0 atom stereocenters. The van der Waals surface area contributed by atoms with E-state index in [2.05, 4.69) is 13.8 Å². The summed E-state index contributed by atoms with van der Waals surface area (Å²) in [6.45, 7) is 4.49. The molecular formula is C18H28O4. The molecule has 124 valence electrons. The average Bonchev–Trinajstić information content (AvgIpc) is 2.98. The maximum absolute atomic E-state index is 11.8. The molecule has 0 spiro atoms. The van der Waals surface area contributed by atoms with Gasteiger partial charge in [-0.2, -0.15) is 0 Å². The van der Waals surface area contributed by atoms with Crippen molar-refractivity contribution in [3.63, 3.8) is 0 Å². The zero-order chi connectivity index (χ0) is 15.9. The molecule has 0 radical (unpaired) electrons. The topological polar surface area (TPSA) is 52.6 Å². The molecule has 0 saturated heterocycles. The van der Waals surface area contributed by atoms with Crippen molar-refractivity contribution in [3.8, 4) is 0 Å². The molecule has 0 unspecified atom stereocenters. The largest absolute Gasteiger partial charge is 0.459 e. The van der Waals surface area contributed by atoms with Crippen molar-refractivity contribution in [1.82, 2.24) is 0 Å². The molecule has 0 aromatic rings. The molecule has 2 fully saturated rings. The first-order valence-electron chi connectivity index (χ1n) is 8.64. The van der Waals surface area contributed by atoms with E-state index in [-0.39, 0.29) is 12.2 Å². The van der Waals surface area contributed by atoms with E-state index in [9.17, 15) is 9.59 Å². The number of esters is 2. The van der Waals surface area contributed by atoms with E-state index in [1.807, 2.05) is 0 Å². The summed E-state index contributed by atoms with van der Waals surface area (Å²) < 4.78 is 10.7. The van der Waals surface area contributed by atoms with Gasteiger partial charge in [-0.25, -0.2) is 9.59 Å². The van der Waals surface area contributed by atoms with Crippen LogP contribution in [0.4, 0.5) is 0 Å². The third kappa shape index (κ3) is 5.47. The maximum Gasteiger partial charge on any atom is 0.331 e. The predicted octanol–water partition coefficient (Wildman–Crippen LogP) is 3.79. The minimum Gasteiger partial charge on any atom is -0.459 e. The van der Waals surface area contributed by atoms with Crippen molar-refractivity contribution >= 4 is 11.9 Å². The van der Waals surface area contributed by atoms with Gasteiger partial charge < -0.3 is 9.47 Å². The molecule has 4 heteroatoms. The van der Waals surface area contributed by atoms with E-state index in [1.165, 1.54) is 12.2 Å². The highest BCUT2D eigenvalue weighted by molar-refractivity contribution is 5.91. The molecule has 0 N–H and O–H groups in total. The fourth-order valence-electron chi connectivity index (χ4n) is 3.42. The quantitative estimate of drug-likeness (QED) is 0.573. The van der Waals surface area contributed by atoms with E-state index < -0.39 is 11.9 Å². The van der Waals surface area contributed by atoms with Gasteiger partial charge in [0.25, 0.3) is 0 Å². The van der Waals surface area contributed by atoms with Gasteiger partial charge in [0.15, 0.2) is 0 Å². The van der Waals surface area contributed by atoms with Crippen LogP contribution in [0.1, 0.15) is 65.2 Å². The minimum absolute atomic E-state index is 0.00185. The summed E-state index contributed by atoms with van der Waals surface area (Å²) in [5, 5.41) is 0. The molecule has 2 rings (SSSR count). The second kappa shape index (κ2) is 8.35. The van der Waals surface area contributed by atoms with Crippen LogP contribution in [0.15, 0.2) is 12.2 Å². The number of carbonyl (C=O) groups is 2. The molecule has 2 aliphatic carbocycles. The predicted molar refractivity (Wildman–Crippen MR) is 84.2 cm³/mol. The van der Waals surface area contributed by atoms with E-state index in [0.29, 0.717) is 5.92 Å². The van der Waals surface area contributed by atoms with Crippen molar-refractivity contribution in [1.29, 1.82) is 0 Å². The van der Waals surface area contributed by atoms with Crippen LogP contribution in [-0.4, -0.2) is 24.1 Å². The van der Waals surface area contributed by atoms with Crippen molar-refractivity contribution in [3.05, 3.63) is 12.2 Å². The lowest BCUT2D eigenvalue weighted by atomic mass is 9.80. The van der Waals surface area contributed by atoms with Gasteiger partial charge in [-0.3, -0.25) is 0 Å². The monoisotopic (exact) mass is 308 g/mol. The molecule has 22 heavy (non-hydrogen) atoms. The van der Waals surface area contributed by atoms with Crippen LogP contribution in [-0.2, 0) is 19.1 Å². The Morgan fingerprint density at radius 1 is 0.818 bits per heavy atom. The molecule has 0 heterocycles. The molecule has 0 aromatic heterocycles. The molecule has 0 amide bonds. The molecule has 2 aliphatic rings. The number of ether oxygens (including phenoxy) is 2. The SMILES string of the molecule is CC(C)C1CCC(OC(=O)/C=C/C(=O)OC2CCCC2)CC1. The van der Waals surface area contributed by atoms with Crippen molar-refractivity contribution in [2.45, 2.75) is 77.4 Å². The maximum atomic E-state index is 11.8. The second-order valence-corrected chi connectivity index (χ2v) is 6.89. The van der Waals surface area contributed by atoms with E-state index >= 15 is 0 Å². The average molecular weight is 308 g/mol.